The Balaban J connectivity index is 0.00000130. The van der Waals surface area contributed by atoms with Gasteiger partial charge < -0.3 is 10.2 Å². The van der Waals surface area contributed by atoms with Gasteiger partial charge >= 0.3 is 36.4 Å². The minimum atomic E-state index is -11.2. The number of nitrogens with zero attached hydrogens (tertiary/aromatic N) is 2. The Hall–Kier alpha value is -1.28. The average molecular weight is 874 g/mol. The van der Waals surface area contributed by atoms with Gasteiger partial charge in [0.15, 0.2) is 0 Å². The zero-order valence-corrected chi connectivity index (χ0v) is 35.9. The summed E-state index contributed by atoms with van der Waals surface area (Å²) >= 11 is -11.2. The summed E-state index contributed by atoms with van der Waals surface area (Å²) in [5.74, 6) is 0.768. The molecular formula is C34H54CoF6N2O2SbSi2-. The van der Waals surface area contributed by atoms with Gasteiger partial charge in [-0.1, -0.05) is 106 Å². The second-order valence-electron chi connectivity index (χ2n) is 16.9. The van der Waals surface area contributed by atoms with Crippen molar-refractivity contribution in [3.05, 3.63) is 46.5 Å². The molecular weight excluding hydrogens is 819 g/mol. The van der Waals surface area contributed by atoms with Crippen molar-refractivity contribution in [1.29, 1.82) is 0 Å². The van der Waals surface area contributed by atoms with E-state index in [1.54, 1.807) is 0 Å². The molecule has 1 fully saturated rings. The van der Waals surface area contributed by atoms with Gasteiger partial charge in [0.25, 0.3) is 0 Å². The summed E-state index contributed by atoms with van der Waals surface area (Å²) in [7, 11) is -3.50. The quantitative estimate of drug-likeness (QED) is 0.173. The van der Waals surface area contributed by atoms with Crippen LogP contribution in [0.4, 0.5) is 16.9 Å². The van der Waals surface area contributed by atoms with Crippen LogP contribution in [0.15, 0.2) is 34.3 Å². The van der Waals surface area contributed by atoms with Crippen LogP contribution in [-0.4, -0.2) is 70.3 Å². The molecule has 0 saturated heterocycles. The third kappa shape index (κ3) is 14.9. The van der Waals surface area contributed by atoms with E-state index in [4.69, 9.17) is 9.98 Å². The third-order valence-electron chi connectivity index (χ3n) is 8.13. The maximum absolute atomic E-state index is 11.3. The molecule has 1 saturated carbocycles. The average Bonchev–Trinajstić information content (AvgIpc) is 2.83. The molecule has 0 unspecified atom stereocenters. The topological polar surface area (TPSA) is 65.2 Å². The van der Waals surface area contributed by atoms with Gasteiger partial charge in [0.2, 0.25) is 0 Å². The number of aliphatic imine (C=N–C) groups is 2. The minimum absolute atomic E-state index is 0. The molecule has 2 N–H and O–H groups in total. The van der Waals surface area contributed by atoms with Crippen LogP contribution in [0.25, 0.3) is 0 Å². The van der Waals surface area contributed by atoms with Crippen LogP contribution in [0.2, 0.25) is 39.3 Å². The maximum atomic E-state index is 11.3. The Morgan fingerprint density at radius 1 is 0.625 bits per heavy atom. The fraction of sp³-hybridized carbons (Fsp3) is 0.588. The van der Waals surface area contributed by atoms with E-state index in [2.05, 4.69) is 105 Å². The molecule has 0 aliphatic heterocycles. The molecule has 1 radical (unpaired) electrons. The van der Waals surface area contributed by atoms with Crippen molar-refractivity contribution in [3.63, 3.8) is 0 Å². The normalized spacial score (nSPS) is 19.7. The van der Waals surface area contributed by atoms with Crippen molar-refractivity contribution in [1.82, 2.24) is 0 Å². The van der Waals surface area contributed by atoms with Gasteiger partial charge in [-0.2, -0.15) is 0 Å². The summed E-state index contributed by atoms with van der Waals surface area (Å²) < 4.78 is 59.6. The Bertz CT molecular complexity index is 1400. The Labute approximate surface area is 298 Å². The molecule has 277 valence electrons. The zero-order valence-electron chi connectivity index (χ0n) is 30.3. The van der Waals surface area contributed by atoms with E-state index in [1.807, 2.05) is 12.4 Å². The number of hydrogen-bond acceptors (Lipinski definition) is 4. The van der Waals surface area contributed by atoms with Crippen LogP contribution in [0.1, 0.15) is 89.5 Å². The first-order valence-electron chi connectivity index (χ1n) is 16.0. The molecule has 1 aliphatic rings. The van der Waals surface area contributed by atoms with Crippen LogP contribution in [-0.2, 0) is 27.6 Å². The molecule has 3 rings (SSSR count). The molecule has 48 heavy (non-hydrogen) atoms. The molecule has 0 spiro atoms. The van der Waals surface area contributed by atoms with Crippen LogP contribution < -0.4 is 10.4 Å². The van der Waals surface area contributed by atoms with Gasteiger partial charge in [-0.25, -0.2) is 0 Å². The summed E-state index contributed by atoms with van der Waals surface area (Å²) in [4.78, 5) is 10.1. The molecule has 0 heterocycles. The van der Waals surface area contributed by atoms with Crippen LogP contribution in [0.5, 0.6) is 11.5 Å². The molecule has 0 aromatic heterocycles. The van der Waals surface area contributed by atoms with Gasteiger partial charge in [0.05, 0.1) is 28.2 Å². The second kappa shape index (κ2) is 14.4. The Morgan fingerprint density at radius 3 is 1.12 bits per heavy atom. The van der Waals surface area contributed by atoms with Crippen molar-refractivity contribution in [2.75, 3.05) is 0 Å². The Kier molecular flexibility index (Phi) is 13.4. The van der Waals surface area contributed by atoms with E-state index in [1.165, 1.54) is 11.1 Å². The van der Waals surface area contributed by atoms with Crippen molar-refractivity contribution < 1.29 is 43.9 Å². The zero-order chi connectivity index (χ0) is 36.7. The van der Waals surface area contributed by atoms with Crippen LogP contribution in [0, 0.1) is 0 Å². The number of hydrogen-bond donors (Lipinski definition) is 2. The Morgan fingerprint density at radius 2 is 0.896 bits per heavy atom. The van der Waals surface area contributed by atoms with E-state index in [0.29, 0.717) is 11.5 Å². The number of aromatic hydroxyl groups is 2. The summed E-state index contributed by atoms with van der Waals surface area (Å²) in [6.07, 6.45) is 8.02. The number of rotatable bonds is 6. The SMILES string of the molecule is CC(C)(C)c1cc(C=N[C@@H]2CCCC[C@H]2N=Cc2cc(C(C)(C)C)cc([Si](C)(C)C)c2O)c(O)c([Si](C)(C)C)c1.[Co].[F][Sb-]([F])([F])([F])([F])[F]. The number of benzene rings is 2. The van der Waals surface area contributed by atoms with E-state index in [9.17, 15) is 27.1 Å². The number of phenolic OH excluding ortho intramolecular Hbond substituents is 2. The van der Waals surface area contributed by atoms with Gasteiger partial charge in [-0.05, 0) is 57.3 Å². The van der Waals surface area contributed by atoms with Gasteiger partial charge in [-0.3, -0.25) is 9.98 Å². The van der Waals surface area contributed by atoms with E-state index < -0.39 is 35.6 Å². The summed E-state index contributed by atoms with van der Waals surface area (Å²) in [5.41, 5.74) is 4.06. The van der Waals surface area contributed by atoms with Gasteiger partial charge in [0, 0.05) is 40.3 Å². The van der Waals surface area contributed by atoms with Crippen molar-refractivity contribution in [2.24, 2.45) is 9.98 Å². The van der Waals surface area contributed by atoms with Gasteiger partial charge in [0.1, 0.15) is 11.5 Å². The van der Waals surface area contributed by atoms with E-state index in [0.717, 1.165) is 47.2 Å². The molecule has 0 amide bonds. The molecule has 2 aromatic rings. The monoisotopic (exact) mass is 872 g/mol. The summed E-state index contributed by atoms with van der Waals surface area (Å²) in [5, 5.41) is 24.7. The predicted octanol–water partition coefficient (Wildman–Crippen LogP) is 9.77. The second-order valence-corrected chi connectivity index (χ2v) is 32.4. The van der Waals surface area contributed by atoms with Crippen molar-refractivity contribution in [2.45, 2.75) is 129 Å². The predicted molar refractivity (Wildman–Crippen MR) is 193 cm³/mol. The van der Waals surface area contributed by atoms with Crippen LogP contribution in [0.3, 0.4) is 0 Å². The van der Waals surface area contributed by atoms with E-state index >= 15 is 0 Å². The first-order valence-corrected chi connectivity index (χ1v) is 28.8. The first-order chi connectivity index (χ1) is 20.6. The first kappa shape index (κ1) is 44.7. The summed E-state index contributed by atoms with van der Waals surface area (Å²) in [6, 6.07) is 8.75. The van der Waals surface area contributed by atoms with Crippen LogP contribution >= 0.6 is 0 Å². The molecule has 1 aliphatic carbocycles. The van der Waals surface area contributed by atoms with Gasteiger partial charge in [-0.15, -0.1) is 0 Å². The molecule has 4 nitrogen and oxygen atoms in total. The number of phenols is 2. The molecule has 2 aromatic carbocycles. The summed E-state index contributed by atoms with van der Waals surface area (Å²) in [6.45, 7) is 27.0. The third-order valence-corrected chi connectivity index (χ3v) is 12.1. The number of halogens is 6. The fourth-order valence-corrected chi connectivity index (χ4v) is 8.20. The molecule has 2 atom stereocenters. The fourth-order valence-electron chi connectivity index (χ4n) is 5.31. The van der Waals surface area contributed by atoms with E-state index in [-0.39, 0.29) is 39.7 Å². The molecule has 14 heteroatoms. The molecule has 0 bridgehead atoms. The van der Waals surface area contributed by atoms with Crippen molar-refractivity contribution in [3.8, 4) is 11.5 Å². The van der Waals surface area contributed by atoms with Crippen molar-refractivity contribution >= 4 is 58.4 Å². The standard InChI is InChI=1S/C34H54N2O2Si2.Co.6FH.Sb/c1-33(2,3)25-17-23(31(37)29(19-25)39(7,8)9)21-35-27-15-13-14-16-28(27)36-22-24-18-26(34(4,5)6)20-30(32(24)38)40(10,11)12;;;;;;;;/h17-22,27-28,37-38H,13-16H2,1-12H3;;6*1H;/q;;;;;;;;+5/p-6/t27-,28-;;;;;;;;/m1......../s1.